The molecule has 0 unspecified atom stereocenters. The molecule has 0 bridgehead atoms. The van der Waals surface area contributed by atoms with Crippen molar-refractivity contribution in [3.63, 3.8) is 0 Å². The quantitative estimate of drug-likeness (QED) is 0.853. The summed E-state index contributed by atoms with van der Waals surface area (Å²) < 4.78 is 13.6. The van der Waals surface area contributed by atoms with E-state index in [-0.39, 0.29) is 0 Å². The molecule has 0 amide bonds. The van der Waals surface area contributed by atoms with E-state index in [0.717, 1.165) is 35.6 Å². The maximum Gasteiger partial charge on any atom is 0.297 e. The number of imidazole rings is 1. The normalized spacial score (nSPS) is 16.5. The van der Waals surface area contributed by atoms with Crippen LogP contribution in [0.15, 0.2) is 18.2 Å². The van der Waals surface area contributed by atoms with Gasteiger partial charge in [0.25, 0.3) is 6.01 Å². The van der Waals surface area contributed by atoms with Gasteiger partial charge in [-0.3, -0.25) is 4.57 Å². The van der Waals surface area contributed by atoms with Crippen LogP contribution >= 0.6 is 0 Å². The maximum absolute atomic E-state index is 6.08. The molecule has 0 radical (unpaired) electrons. The monoisotopic (exact) mass is 274 g/mol. The van der Waals surface area contributed by atoms with Gasteiger partial charge in [-0.15, -0.1) is 0 Å². The van der Waals surface area contributed by atoms with Crippen molar-refractivity contribution >= 4 is 11.0 Å². The fourth-order valence-electron chi connectivity index (χ4n) is 2.84. The molecule has 3 rings (SSSR count). The summed E-state index contributed by atoms with van der Waals surface area (Å²) in [4.78, 5) is 4.59. The summed E-state index contributed by atoms with van der Waals surface area (Å²) in [6.45, 7) is 2.67. The van der Waals surface area contributed by atoms with E-state index in [2.05, 4.69) is 4.98 Å². The SMILES string of the molecule is CCOc1ccc2nc(OC3CCCCC3)n(C)c2c1. The lowest BCUT2D eigenvalue weighted by atomic mass is 9.98. The molecule has 0 N–H and O–H groups in total. The van der Waals surface area contributed by atoms with Gasteiger partial charge >= 0.3 is 0 Å². The predicted octanol–water partition coefficient (Wildman–Crippen LogP) is 3.68. The van der Waals surface area contributed by atoms with Crippen LogP contribution in [0.2, 0.25) is 0 Å². The van der Waals surface area contributed by atoms with E-state index in [9.17, 15) is 0 Å². The fourth-order valence-corrected chi connectivity index (χ4v) is 2.84. The van der Waals surface area contributed by atoms with Crippen molar-refractivity contribution in [3.05, 3.63) is 18.2 Å². The summed E-state index contributed by atoms with van der Waals surface area (Å²) in [7, 11) is 2.00. The van der Waals surface area contributed by atoms with Crippen LogP contribution in [0.3, 0.4) is 0 Å². The van der Waals surface area contributed by atoms with Gasteiger partial charge < -0.3 is 9.47 Å². The van der Waals surface area contributed by atoms with E-state index in [0.29, 0.717) is 12.7 Å². The minimum atomic E-state index is 0.325. The Bertz CT molecular complexity index is 585. The number of rotatable bonds is 4. The molecule has 0 saturated heterocycles. The molecule has 1 aromatic carbocycles. The van der Waals surface area contributed by atoms with E-state index >= 15 is 0 Å². The van der Waals surface area contributed by atoms with Crippen LogP contribution in [0.25, 0.3) is 11.0 Å². The average Bonchev–Trinajstić information content (AvgIpc) is 2.77. The first-order chi connectivity index (χ1) is 9.78. The third kappa shape index (κ3) is 2.60. The molecule has 108 valence electrons. The summed E-state index contributed by atoms with van der Waals surface area (Å²) in [5.74, 6) is 0.882. The van der Waals surface area contributed by atoms with Gasteiger partial charge in [-0.25, -0.2) is 0 Å². The van der Waals surface area contributed by atoms with Crippen molar-refractivity contribution in [3.8, 4) is 11.8 Å². The number of fused-ring (bicyclic) bond motifs is 1. The van der Waals surface area contributed by atoms with Gasteiger partial charge in [-0.05, 0) is 44.7 Å². The van der Waals surface area contributed by atoms with Gasteiger partial charge in [0, 0.05) is 13.1 Å². The van der Waals surface area contributed by atoms with Crippen LogP contribution in [-0.4, -0.2) is 22.3 Å². The summed E-state index contributed by atoms with van der Waals surface area (Å²) in [6.07, 6.45) is 6.48. The van der Waals surface area contributed by atoms with Crippen LogP contribution in [-0.2, 0) is 7.05 Å². The summed E-state index contributed by atoms with van der Waals surface area (Å²) in [6, 6.07) is 6.71. The van der Waals surface area contributed by atoms with Crippen LogP contribution in [0.5, 0.6) is 11.8 Å². The molecule has 0 spiro atoms. The first kappa shape index (κ1) is 13.3. The van der Waals surface area contributed by atoms with E-state index in [1.807, 2.05) is 36.7 Å². The first-order valence-corrected chi connectivity index (χ1v) is 7.54. The second kappa shape index (κ2) is 5.73. The molecule has 0 atom stereocenters. The number of nitrogens with zero attached hydrogens (tertiary/aromatic N) is 2. The third-order valence-electron chi connectivity index (χ3n) is 3.95. The topological polar surface area (TPSA) is 36.3 Å². The molecular weight excluding hydrogens is 252 g/mol. The van der Waals surface area contributed by atoms with E-state index in [4.69, 9.17) is 9.47 Å². The Hall–Kier alpha value is -1.71. The summed E-state index contributed by atoms with van der Waals surface area (Å²) >= 11 is 0. The standard InChI is InChI=1S/C16H22N2O2/c1-3-19-13-9-10-14-15(11-13)18(2)16(17-14)20-12-7-5-4-6-8-12/h9-12H,3-8H2,1-2H3. The Kier molecular flexibility index (Phi) is 3.81. The number of hydrogen-bond acceptors (Lipinski definition) is 3. The molecule has 1 aliphatic rings. The third-order valence-corrected chi connectivity index (χ3v) is 3.95. The van der Waals surface area contributed by atoms with Gasteiger partial charge in [-0.1, -0.05) is 6.42 Å². The first-order valence-electron chi connectivity index (χ1n) is 7.54. The molecule has 1 fully saturated rings. The van der Waals surface area contributed by atoms with Crippen LogP contribution in [0.1, 0.15) is 39.0 Å². The van der Waals surface area contributed by atoms with Crippen molar-refractivity contribution in [2.45, 2.75) is 45.1 Å². The molecule has 4 nitrogen and oxygen atoms in total. The summed E-state index contributed by atoms with van der Waals surface area (Å²) in [5, 5.41) is 0. The van der Waals surface area contributed by atoms with Gasteiger partial charge in [0.05, 0.1) is 17.6 Å². The highest BCUT2D eigenvalue weighted by Crippen LogP contribution is 2.27. The van der Waals surface area contributed by atoms with E-state index in [1.165, 1.54) is 19.3 Å². The maximum atomic E-state index is 6.08. The highest BCUT2D eigenvalue weighted by Gasteiger charge is 2.18. The summed E-state index contributed by atoms with van der Waals surface area (Å²) in [5.41, 5.74) is 2.02. The molecule has 1 saturated carbocycles. The van der Waals surface area contributed by atoms with Crippen LogP contribution < -0.4 is 9.47 Å². The number of ether oxygens (including phenoxy) is 2. The molecule has 1 heterocycles. The number of aryl methyl sites for hydroxylation is 1. The molecule has 4 heteroatoms. The van der Waals surface area contributed by atoms with Gasteiger partial charge in [0.1, 0.15) is 11.9 Å². The molecule has 1 aromatic heterocycles. The highest BCUT2D eigenvalue weighted by atomic mass is 16.5. The lowest BCUT2D eigenvalue weighted by Crippen LogP contribution is -2.21. The Morgan fingerprint density at radius 1 is 1.25 bits per heavy atom. The number of aromatic nitrogens is 2. The predicted molar refractivity (Wildman–Crippen MR) is 79.4 cm³/mol. The Morgan fingerprint density at radius 2 is 2.05 bits per heavy atom. The van der Waals surface area contributed by atoms with Crippen molar-refractivity contribution in [2.24, 2.45) is 7.05 Å². The van der Waals surface area contributed by atoms with Crippen molar-refractivity contribution in [2.75, 3.05) is 6.61 Å². The minimum absolute atomic E-state index is 0.325. The smallest absolute Gasteiger partial charge is 0.297 e. The van der Waals surface area contributed by atoms with Crippen molar-refractivity contribution in [1.82, 2.24) is 9.55 Å². The minimum Gasteiger partial charge on any atom is -0.494 e. The lowest BCUT2D eigenvalue weighted by Gasteiger charge is -2.22. The van der Waals surface area contributed by atoms with Crippen molar-refractivity contribution < 1.29 is 9.47 Å². The lowest BCUT2D eigenvalue weighted by molar-refractivity contribution is 0.138. The van der Waals surface area contributed by atoms with Crippen molar-refractivity contribution in [1.29, 1.82) is 0 Å². The number of benzene rings is 1. The molecule has 20 heavy (non-hydrogen) atoms. The zero-order valence-electron chi connectivity index (χ0n) is 12.3. The van der Waals surface area contributed by atoms with E-state index < -0.39 is 0 Å². The second-order valence-corrected chi connectivity index (χ2v) is 5.41. The van der Waals surface area contributed by atoms with Crippen LogP contribution in [0, 0.1) is 0 Å². The zero-order valence-corrected chi connectivity index (χ0v) is 12.3. The molecule has 0 aliphatic heterocycles. The fraction of sp³-hybridized carbons (Fsp3) is 0.562. The second-order valence-electron chi connectivity index (χ2n) is 5.41. The molecule has 2 aromatic rings. The molecule has 1 aliphatic carbocycles. The average molecular weight is 274 g/mol. The zero-order chi connectivity index (χ0) is 13.9. The highest BCUT2D eigenvalue weighted by molar-refractivity contribution is 5.78. The van der Waals surface area contributed by atoms with Gasteiger partial charge in [0.15, 0.2) is 0 Å². The largest absolute Gasteiger partial charge is 0.494 e. The molecular formula is C16H22N2O2. The number of hydrogen-bond donors (Lipinski definition) is 0. The van der Waals surface area contributed by atoms with Crippen LogP contribution in [0.4, 0.5) is 0 Å². The Balaban J connectivity index is 1.85. The van der Waals surface area contributed by atoms with Gasteiger partial charge in [-0.2, -0.15) is 4.98 Å². The van der Waals surface area contributed by atoms with E-state index in [1.54, 1.807) is 0 Å². The Morgan fingerprint density at radius 3 is 2.80 bits per heavy atom. The Labute approximate surface area is 119 Å². The van der Waals surface area contributed by atoms with Gasteiger partial charge in [0.2, 0.25) is 0 Å².